The number of nitrogens with zero attached hydrogens (tertiary/aromatic N) is 4. The normalized spacial score (nSPS) is 13.7. The molecule has 2 aromatic heterocycles. The number of nitriles is 1. The fraction of sp³-hybridized carbons (Fsp3) is 0.267. The second kappa shape index (κ2) is 12.3. The minimum atomic E-state index is -0.0993. The first-order valence-electron chi connectivity index (χ1n) is 12.7. The Morgan fingerprint density at radius 1 is 1.00 bits per heavy atom. The molecule has 0 amide bonds. The van der Waals surface area contributed by atoms with Gasteiger partial charge in [0.25, 0.3) is 0 Å². The molecule has 3 heterocycles. The lowest BCUT2D eigenvalue weighted by atomic mass is 10.0. The maximum Gasteiger partial charge on any atom is 0.233 e. The van der Waals surface area contributed by atoms with Gasteiger partial charge >= 0.3 is 0 Å². The Hall–Kier alpha value is -4.32. The Morgan fingerprint density at radius 2 is 1.71 bits per heavy atom. The second-order valence-electron chi connectivity index (χ2n) is 8.94. The number of ether oxygens (including phenoxy) is 2. The zero-order chi connectivity index (χ0) is 26.2. The second-order valence-corrected chi connectivity index (χ2v) is 8.94. The van der Waals surface area contributed by atoms with Gasteiger partial charge in [-0.3, -0.25) is 9.69 Å². The molecule has 0 radical (unpaired) electrons. The summed E-state index contributed by atoms with van der Waals surface area (Å²) in [5.41, 5.74) is 3.23. The Labute approximate surface area is 221 Å². The van der Waals surface area contributed by atoms with Crippen LogP contribution in [0, 0.1) is 11.3 Å². The maximum atomic E-state index is 13.2. The first-order valence-corrected chi connectivity index (χ1v) is 12.7. The third-order valence-corrected chi connectivity index (χ3v) is 6.40. The molecule has 1 aliphatic heterocycles. The van der Waals surface area contributed by atoms with Crippen molar-refractivity contribution in [1.82, 2.24) is 14.9 Å². The standard InChI is InChI=1S/C30H28N4O4/c31-20-25-24(22-8-3-1-4-9-22)13-14-32-30(25)37-21-27-33-28(23-10-5-2-6-11-23)29(38-27)26(35)12-7-15-34-16-18-36-19-17-34/h1-6,8-11,13-14H,7,12,15-19,21H2. The first kappa shape index (κ1) is 25.3. The molecule has 0 unspecified atom stereocenters. The quantitative estimate of drug-likeness (QED) is 0.271. The summed E-state index contributed by atoms with van der Waals surface area (Å²) in [7, 11) is 0. The van der Waals surface area contributed by atoms with Crippen LogP contribution in [0.4, 0.5) is 0 Å². The van der Waals surface area contributed by atoms with Crippen LogP contribution in [-0.2, 0) is 11.3 Å². The van der Waals surface area contributed by atoms with Crippen molar-refractivity contribution >= 4 is 5.78 Å². The van der Waals surface area contributed by atoms with Gasteiger partial charge in [-0.15, -0.1) is 0 Å². The van der Waals surface area contributed by atoms with Crippen LogP contribution >= 0.6 is 0 Å². The molecule has 0 aliphatic carbocycles. The molecule has 0 saturated carbocycles. The number of rotatable bonds is 10. The summed E-state index contributed by atoms with van der Waals surface area (Å²) in [6, 6.07) is 23.1. The van der Waals surface area contributed by atoms with Gasteiger partial charge in [-0.25, -0.2) is 9.97 Å². The van der Waals surface area contributed by atoms with E-state index < -0.39 is 0 Å². The molecule has 4 aromatic rings. The Morgan fingerprint density at radius 3 is 2.42 bits per heavy atom. The molecule has 2 aromatic carbocycles. The van der Waals surface area contributed by atoms with Crippen molar-refractivity contribution in [3.05, 3.63) is 90.1 Å². The third-order valence-electron chi connectivity index (χ3n) is 6.40. The van der Waals surface area contributed by atoms with Crippen LogP contribution in [-0.4, -0.2) is 53.5 Å². The van der Waals surface area contributed by atoms with Gasteiger partial charge in [0.2, 0.25) is 11.8 Å². The number of pyridine rings is 1. The molecule has 38 heavy (non-hydrogen) atoms. The van der Waals surface area contributed by atoms with E-state index in [2.05, 4.69) is 20.9 Å². The van der Waals surface area contributed by atoms with Gasteiger partial charge in [-0.1, -0.05) is 60.7 Å². The van der Waals surface area contributed by atoms with Crippen molar-refractivity contribution in [2.75, 3.05) is 32.8 Å². The molecule has 1 saturated heterocycles. The van der Waals surface area contributed by atoms with Gasteiger partial charge in [-0.05, 0) is 24.6 Å². The summed E-state index contributed by atoms with van der Waals surface area (Å²) in [6.07, 6.45) is 2.68. The fourth-order valence-corrected chi connectivity index (χ4v) is 4.46. The number of ketones is 1. The van der Waals surface area contributed by atoms with E-state index in [9.17, 15) is 10.1 Å². The van der Waals surface area contributed by atoms with Gasteiger partial charge in [-0.2, -0.15) is 5.26 Å². The maximum absolute atomic E-state index is 13.2. The van der Waals surface area contributed by atoms with Crippen LogP contribution < -0.4 is 4.74 Å². The zero-order valence-electron chi connectivity index (χ0n) is 21.0. The predicted molar refractivity (Wildman–Crippen MR) is 141 cm³/mol. The highest BCUT2D eigenvalue weighted by Gasteiger charge is 2.23. The summed E-state index contributed by atoms with van der Waals surface area (Å²) in [5.74, 6) is 0.559. The first-order chi connectivity index (χ1) is 18.7. The van der Waals surface area contributed by atoms with E-state index in [0.29, 0.717) is 17.7 Å². The molecular weight excluding hydrogens is 480 g/mol. The lowest BCUT2D eigenvalue weighted by molar-refractivity contribution is 0.0371. The Kier molecular flexibility index (Phi) is 8.19. The number of benzene rings is 2. The van der Waals surface area contributed by atoms with E-state index in [4.69, 9.17) is 13.9 Å². The van der Waals surface area contributed by atoms with Crippen LogP contribution in [0.2, 0.25) is 0 Å². The van der Waals surface area contributed by atoms with E-state index in [1.165, 1.54) is 0 Å². The average molecular weight is 509 g/mol. The molecule has 8 heteroatoms. The van der Waals surface area contributed by atoms with Crippen molar-refractivity contribution in [2.45, 2.75) is 19.4 Å². The Balaban J connectivity index is 1.34. The SMILES string of the molecule is N#Cc1c(-c2ccccc2)ccnc1OCc1nc(-c2ccccc2)c(C(=O)CCCN2CCOCC2)o1. The van der Waals surface area contributed by atoms with Crippen molar-refractivity contribution in [1.29, 1.82) is 5.26 Å². The number of hydrogen-bond acceptors (Lipinski definition) is 8. The molecular formula is C30H28N4O4. The smallest absolute Gasteiger partial charge is 0.233 e. The van der Waals surface area contributed by atoms with E-state index in [0.717, 1.165) is 56.0 Å². The van der Waals surface area contributed by atoms with Crippen molar-refractivity contribution < 1.29 is 18.7 Å². The molecule has 0 N–H and O–H groups in total. The summed E-state index contributed by atoms with van der Waals surface area (Å²) in [4.78, 5) is 24.4. The lowest BCUT2D eigenvalue weighted by Gasteiger charge is -2.26. The van der Waals surface area contributed by atoms with Crippen molar-refractivity contribution in [3.63, 3.8) is 0 Å². The zero-order valence-corrected chi connectivity index (χ0v) is 21.0. The number of oxazole rings is 1. The van der Waals surface area contributed by atoms with Crippen LogP contribution in [0.1, 0.15) is 34.9 Å². The highest BCUT2D eigenvalue weighted by atomic mass is 16.5. The highest BCUT2D eigenvalue weighted by molar-refractivity contribution is 5.98. The highest BCUT2D eigenvalue weighted by Crippen LogP contribution is 2.30. The number of Topliss-reactive ketones (excluding diaryl/α,β-unsaturated/α-hetero) is 1. The van der Waals surface area contributed by atoms with Crippen LogP contribution in [0.5, 0.6) is 5.88 Å². The van der Waals surface area contributed by atoms with Crippen LogP contribution in [0.25, 0.3) is 22.4 Å². The van der Waals surface area contributed by atoms with Gasteiger partial charge in [0, 0.05) is 36.8 Å². The largest absolute Gasteiger partial charge is 0.467 e. The number of hydrogen-bond donors (Lipinski definition) is 0. The molecule has 1 fully saturated rings. The monoisotopic (exact) mass is 508 g/mol. The number of carbonyl (C=O) groups is 1. The number of morpholine rings is 1. The van der Waals surface area contributed by atoms with E-state index in [1.807, 2.05) is 60.7 Å². The van der Waals surface area contributed by atoms with Crippen LogP contribution in [0.15, 0.2) is 77.3 Å². The van der Waals surface area contributed by atoms with E-state index in [-0.39, 0.29) is 29.9 Å². The Bertz CT molecular complexity index is 1410. The summed E-state index contributed by atoms with van der Waals surface area (Å²) < 4.78 is 17.3. The molecule has 0 spiro atoms. The van der Waals surface area contributed by atoms with Gasteiger partial charge in [0.15, 0.2) is 18.2 Å². The fourth-order valence-electron chi connectivity index (χ4n) is 4.46. The third kappa shape index (κ3) is 5.97. The van der Waals surface area contributed by atoms with Gasteiger partial charge in [0.1, 0.15) is 17.3 Å². The summed E-state index contributed by atoms with van der Waals surface area (Å²) in [5, 5.41) is 9.84. The predicted octanol–water partition coefficient (Wildman–Crippen LogP) is 5.15. The minimum Gasteiger partial charge on any atom is -0.467 e. The van der Waals surface area contributed by atoms with Gasteiger partial charge in [0.05, 0.1) is 13.2 Å². The van der Waals surface area contributed by atoms with Crippen LogP contribution in [0.3, 0.4) is 0 Å². The van der Waals surface area contributed by atoms with E-state index in [1.54, 1.807) is 12.3 Å². The van der Waals surface area contributed by atoms with Crippen molar-refractivity contribution in [2.24, 2.45) is 0 Å². The lowest BCUT2D eigenvalue weighted by Crippen LogP contribution is -2.36. The number of aromatic nitrogens is 2. The van der Waals surface area contributed by atoms with Gasteiger partial charge < -0.3 is 13.9 Å². The summed E-state index contributed by atoms with van der Waals surface area (Å²) in [6.45, 7) is 4.00. The molecule has 0 atom stereocenters. The molecule has 0 bridgehead atoms. The molecule has 5 rings (SSSR count). The topological polar surface area (TPSA) is 101 Å². The molecule has 1 aliphatic rings. The van der Waals surface area contributed by atoms with E-state index >= 15 is 0 Å². The summed E-state index contributed by atoms with van der Waals surface area (Å²) >= 11 is 0. The number of carbonyl (C=O) groups excluding carboxylic acids is 1. The minimum absolute atomic E-state index is 0.0686. The molecule has 8 nitrogen and oxygen atoms in total. The van der Waals surface area contributed by atoms with Crippen molar-refractivity contribution in [3.8, 4) is 34.3 Å². The molecule has 192 valence electrons. The average Bonchev–Trinajstić information content (AvgIpc) is 3.42.